The second-order valence-electron chi connectivity index (χ2n) is 23.7. The molecule has 4 aromatic carbocycles. The molecule has 1 fully saturated rings. The number of aromatic hydroxyl groups is 1. The average molecular weight is 1300 g/mol. The molecule has 9 amide bonds. The quantitative estimate of drug-likeness (QED) is 0.0143. The molecule has 29 heteroatoms. The monoisotopic (exact) mass is 1300 g/mol. The van der Waals surface area contributed by atoms with Gasteiger partial charge in [0, 0.05) is 69.1 Å². The first-order chi connectivity index (χ1) is 44.9. The number of aliphatic hydroxyl groups excluding tert-OH is 1. The van der Waals surface area contributed by atoms with Crippen LogP contribution in [-0.4, -0.2) is 186 Å². The molecule has 1 saturated heterocycles. The number of para-hydroxylation sites is 1. The lowest BCUT2D eigenvalue weighted by Gasteiger charge is -2.36. The Morgan fingerprint density at radius 1 is 0.713 bits per heavy atom. The number of phenols is 1. The lowest BCUT2D eigenvalue weighted by atomic mass is 9.96. The van der Waals surface area contributed by atoms with Crippen molar-refractivity contribution in [1.29, 1.82) is 5.41 Å². The highest BCUT2D eigenvalue weighted by Gasteiger charge is 2.44. The molecule has 0 aliphatic carbocycles. The van der Waals surface area contributed by atoms with Gasteiger partial charge in [-0.1, -0.05) is 86.6 Å². The third-order valence-electron chi connectivity index (χ3n) is 16.2. The number of aromatic amines is 2. The Morgan fingerprint density at radius 2 is 1.35 bits per heavy atom. The first-order valence-corrected chi connectivity index (χ1v) is 31.1. The van der Waals surface area contributed by atoms with E-state index in [-0.39, 0.29) is 69.7 Å². The molecular formula is C65H84N16O13. The van der Waals surface area contributed by atoms with Crippen LogP contribution in [0.3, 0.4) is 0 Å². The predicted octanol–water partition coefficient (Wildman–Crippen LogP) is -0.274. The van der Waals surface area contributed by atoms with Crippen LogP contribution in [-0.2, 0) is 73.6 Å². The molecule has 0 spiro atoms. The SMILES string of the molecule is CNC(=O)[C@@H]1CCCN1C(=O)[C@H](CCCNC(=N)N)NC(=O)[C@H](CC(C)C)N(C(=O)[C@H](N)Cc1ccc2ccccc2c1)C(=O)[C@H](Cc1ccc(O)cc1)NC(=O)[C@H](CO)NC(=O)[C@H](Cc1c[nH]c2ccccc12)NC(=O)[C@H](Cc1c[nH]cn1)NC(=O)[C@@H](N)CCC(=O)O. The molecule has 0 unspecified atom stereocenters. The van der Waals surface area contributed by atoms with Crippen LogP contribution in [0.5, 0.6) is 5.75 Å². The van der Waals surface area contributed by atoms with Crippen molar-refractivity contribution < 1.29 is 63.3 Å². The highest BCUT2D eigenvalue weighted by Crippen LogP contribution is 2.25. The van der Waals surface area contributed by atoms with Crippen LogP contribution in [0, 0.1) is 11.3 Å². The highest BCUT2D eigenvalue weighted by molar-refractivity contribution is 6.06. The van der Waals surface area contributed by atoms with Crippen molar-refractivity contribution in [2.24, 2.45) is 23.1 Å². The molecule has 6 aromatic rings. The lowest BCUT2D eigenvalue weighted by molar-refractivity contribution is -0.156. The summed E-state index contributed by atoms with van der Waals surface area (Å²) in [6.45, 7) is 2.61. The summed E-state index contributed by atoms with van der Waals surface area (Å²) in [4.78, 5) is 156. The van der Waals surface area contributed by atoms with E-state index < -0.39 is 139 Å². The number of carbonyl (C=O) groups excluding carboxylic acids is 9. The van der Waals surface area contributed by atoms with Gasteiger partial charge in [0.25, 0.3) is 5.91 Å². The van der Waals surface area contributed by atoms with E-state index in [2.05, 4.69) is 52.2 Å². The van der Waals surface area contributed by atoms with Crippen LogP contribution in [0.4, 0.5) is 0 Å². The summed E-state index contributed by atoms with van der Waals surface area (Å²) in [6.07, 6.45) is 3.25. The van der Waals surface area contributed by atoms with E-state index in [9.17, 15) is 48.9 Å². The molecule has 29 nitrogen and oxygen atoms in total. The molecular weight excluding hydrogens is 1210 g/mol. The number of imide groups is 1. The lowest BCUT2D eigenvalue weighted by Crippen LogP contribution is -2.64. The number of fused-ring (bicyclic) bond motifs is 2. The van der Waals surface area contributed by atoms with Crippen LogP contribution in [0.25, 0.3) is 21.7 Å². The van der Waals surface area contributed by atoms with Crippen LogP contribution < -0.4 is 54.4 Å². The zero-order chi connectivity index (χ0) is 68.2. The van der Waals surface area contributed by atoms with Gasteiger partial charge < -0.3 is 84.6 Å². The maximum atomic E-state index is 16.0. The second kappa shape index (κ2) is 33.9. The number of imidazole rings is 1. The van der Waals surface area contributed by atoms with Gasteiger partial charge in [0.1, 0.15) is 48.0 Å². The summed E-state index contributed by atoms with van der Waals surface area (Å²) in [5.74, 6) is -10.5. The van der Waals surface area contributed by atoms with Crippen molar-refractivity contribution >= 4 is 86.8 Å². The Kier molecular flexibility index (Phi) is 25.7. The first-order valence-electron chi connectivity index (χ1n) is 31.1. The zero-order valence-electron chi connectivity index (χ0n) is 52.6. The minimum atomic E-state index is -1.92. The first kappa shape index (κ1) is 71.2. The minimum absolute atomic E-state index is 0.0627. The fourth-order valence-electron chi connectivity index (χ4n) is 11.3. The number of nitrogens with two attached hydrogens (primary N) is 3. The smallest absolute Gasteiger partial charge is 0.303 e. The summed E-state index contributed by atoms with van der Waals surface area (Å²) < 4.78 is 0. The Labute approximate surface area is 542 Å². The van der Waals surface area contributed by atoms with Crippen LogP contribution in [0.1, 0.15) is 81.2 Å². The molecule has 1 aliphatic heterocycles. The molecule has 0 saturated carbocycles. The van der Waals surface area contributed by atoms with Crippen LogP contribution >= 0.6 is 0 Å². The number of benzene rings is 4. The largest absolute Gasteiger partial charge is 0.508 e. The number of carboxylic acid groups (broad SMARTS) is 1. The fourth-order valence-corrected chi connectivity index (χ4v) is 11.3. The third kappa shape index (κ3) is 19.6. The van der Waals surface area contributed by atoms with Gasteiger partial charge >= 0.3 is 5.97 Å². The molecule has 7 rings (SSSR count). The normalized spacial score (nSPS) is 15.5. The van der Waals surface area contributed by atoms with Crippen molar-refractivity contribution in [3.8, 4) is 5.75 Å². The van der Waals surface area contributed by atoms with Crippen molar-refractivity contribution in [2.75, 3.05) is 26.7 Å². The number of likely N-dealkylation sites (N-methyl/N-ethyl adjacent to an activating group) is 1. The maximum Gasteiger partial charge on any atom is 0.303 e. The number of nitrogens with one attached hydrogen (secondary N) is 10. The van der Waals surface area contributed by atoms with Crippen molar-refractivity contribution in [1.82, 2.24) is 62.0 Å². The number of hydrogen-bond donors (Lipinski definition) is 16. The van der Waals surface area contributed by atoms with Gasteiger partial charge in [0.15, 0.2) is 5.96 Å². The zero-order valence-corrected chi connectivity index (χ0v) is 52.6. The van der Waals surface area contributed by atoms with Crippen molar-refractivity contribution in [3.63, 3.8) is 0 Å². The van der Waals surface area contributed by atoms with E-state index in [1.165, 1.54) is 48.7 Å². The van der Waals surface area contributed by atoms with Gasteiger partial charge in [-0.05, 0) is 96.5 Å². The number of likely N-dealkylation sites (tertiary alicyclic amines) is 1. The van der Waals surface area contributed by atoms with Gasteiger partial charge in [-0.25, -0.2) is 4.98 Å². The number of carbonyl (C=O) groups is 10. The summed E-state index contributed by atoms with van der Waals surface area (Å²) in [7, 11) is 1.43. The van der Waals surface area contributed by atoms with E-state index in [1.54, 1.807) is 50.4 Å². The number of amides is 9. The predicted molar refractivity (Wildman–Crippen MR) is 346 cm³/mol. The van der Waals surface area contributed by atoms with Gasteiger partial charge in [0.2, 0.25) is 47.3 Å². The molecule has 9 atom stereocenters. The Balaban J connectivity index is 1.25. The number of carboxylic acids is 1. The van der Waals surface area contributed by atoms with Crippen molar-refractivity contribution in [2.45, 2.75) is 139 Å². The van der Waals surface area contributed by atoms with E-state index in [4.69, 9.17) is 22.6 Å². The number of nitrogens with zero attached hydrogens (tertiary/aromatic N) is 3. The number of rotatable bonds is 33. The molecule has 0 radical (unpaired) electrons. The Morgan fingerprint density at radius 3 is 2.02 bits per heavy atom. The average Bonchev–Trinajstić information content (AvgIpc) is 1.02. The number of hydrogen-bond acceptors (Lipinski definition) is 16. The number of phenolic OH excluding ortho intramolecular Hbond substituents is 1. The van der Waals surface area contributed by atoms with Crippen molar-refractivity contribution in [3.05, 3.63) is 132 Å². The molecule has 19 N–H and O–H groups in total. The summed E-state index contributed by atoms with van der Waals surface area (Å²) in [6, 6.07) is 11.7. The summed E-state index contributed by atoms with van der Waals surface area (Å²) in [5.41, 5.74) is 20.8. The number of guanidine groups is 1. The van der Waals surface area contributed by atoms with Crippen LogP contribution in [0.2, 0.25) is 0 Å². The topological polar surface area (TPSA) is 468 Å². The van der Waals surface area contributed by atoms with E-state index in [0.717, 1.165) is 10.8 Å². The minimum Gasteiger partial charge on any atom is -0.508 e. The number of aliphatic carboxylic acids is 1. The van der Waals surface area contributed by atoms with Gasteiger partial charge in [-0.2, -0.15) is 0 Å². The van der Waals surface area contributed by atoms with Crippen LogP contribution in [0.15, 0.2) is 110 Å². The van der Waals surface area contributed by atoms with E-state index in [0.29, 0.717) is 51.0 Å². The second-order valence-corrected chi connectivity index (χ2v) is 23.7. The van der Waals surface area contributed by atoms with E-state index in [1.807, 2.05) is 36.4 Å². The number of aliphatic hydroxyl groups is 1. The molecule has 94 heavy (non-hydrogen) atoms. The highest BCUT2D eigenvalue weighted by atomic mass is 16.4. The molecule has 3 heterocycles. The van der Waals surface area contributed by atoms with Gasteiger partial charge in [-0.15, -0.1) is 0 Å². The van der Waals surface area contributed by atoms with Gasteiger partial charge in [-0.3, -0.25) is 58.3 Å². The molecule has 2 aromatic heterocycles. The fraction of sp³-hybridized carbons (Fsp3) is 0.415. The Bertz CT molecular complexity index is 3660. The Hall–Kier alpha value is -10.3. The summed E-state index contributed by atoms with van der Waals surface area (Å²) >= 11 is 0. The number of aromatic nitrogens is 3. The standard InChI is InChI=1S/C65H84N16O13/c1-36(2)26-54(61(91)75-48(14-8-24-72-65(68)69)63(93)80-25-9-15-53(80)60(90)70-3)81(62(92)46(67)28-38-16-19-39-10-4-5-11-40(39)27-38)64(94)51(29-37-17-20-43(83)21-18-37)78-59(89)52(34-82)79-57(87)49(30-41-32-73-47-13-7-6-12-44(41)47)77-58(88)50(31-42-33-71-35-74-42)76-56(86)45(66)22-23-55(84)85/h4-7,10-13,16-21,27,32-33,35-36,45-46,48-54,73,82-83H,8-9,14-15,22-26,28-31,34,66-67H2,1-3H3,(H,70,90)(H,71,74)(H,75,91)(H,76,86)(H,77,88)(H,78,89)(H,79,87)(H,84,85)(H4,68,69,72)/t45-,46+,48-,49-,50-,51-,52-,53-,54-/m0/s1. The summed E-state index contributed by atoms with van der Waals surface area (Å²) in [5, 5.41) is 59.0. The third-order valence-corrected chi connectivity index (χ3v) is 16.2. The van der Waals surface area contributed by atoms with Gasteiger partial charge in [0.05, 0.1) is 30.7 Å². The molecule has 502 valence electrons. The molecule has 0 bridgehead atoms. The maximum absolute atomic E-state index is 16.0. The number of H-pyrrole nitrogens is 2. The molecule has 1 aliphatic rings. The van der Waals surface area contributed by atoms with E-state index >= 15 is 14.4 Å².